The first kappa shape index (κ1) is 21.9. The second kappa shape index (κ2) is 9.93. The molecule has 0 bridgehead atoms. The molecule has 0 atom stereocenters. The fourth-order valence-corrected chi connectivity index (χ4v) is 4.30. The zero-order chi connectivity index (χ0) is 23.3. The average molecular weight is 479 g/mol. The van der Waals surface area contributed by atoms with Crippen LogP contribution in [0.3, 0.4) is 0 Å². The van der Waals surface area contributed by atoms with Crippen molar-refractivity contribution in [3.05, 3.63) is 144 Å². The van der Waals surface area contributed by atoms with Gasteiger partial charge in [-0.2, -0.15) is 0 Å². The summed E-state index contributed by atoms with van der Waals surface area (Å²) in [6.45, 7) is 0. The number of para-hydroxylation sites is 2. The van der Waals surface area contributed by atoms with E-state index in [1.54, 1.807) is 6.07 Å². The van der Waals surface area contributed by atoms with Gasteiger partial charge in [0.1, 0.15) is 0 Å². The lowest BCUT2D eigenvalue weighted by molar-refractivity contribution is 1.25. The monoisotopic (exact) mass is 478 g/mol. The molecule has 0 spiro atoms. The van der Waals surface area contributed by atoms with Crippen molar-refractivity contribution in [2.75, 3.05) is 9.80 Å². The molecule has 0 radical (unpaired) electrons. The van der Waals surface area contributed by atoms with Gasteiger partial charge in [0.2, 0.25) is 0 Å². The molecule has 5 aromatic carbocycles. The number of hydrogen-bond acceptors (Lipinski definition) is 2. The van der Waals surface area contributed by atoms with Gasteiger partial charge in [-0.05, 0) is 72.8 Å². The van der Waals surface area contributed by atoms with Gasteiger partial charge in [-0.25, -0.2) is 0 Å². The Labute approximate surface area is 210 Å². The summed E-state index contributed by atoms with van der Waals surface area (Å²) < 4.78 is 0. The maximum absolute atomic E-state index is 6.67. The van der Waals surface area contributed by atoms with Crippen LogP contribution in [0.15, 0.2) is 121 Å². The second-order valence-electron chi connectivity index (χ2n) is 7.62. The van der Waals surface area contributed by atoms with Crippen LogP contribution in [0.1, 0.15) is 0 Å². The van der Waals surface area contributed by atoms with E-state index in [2.05, 4.69) is 59.5 Å². The number of nitrogens with zero attached hydrogens (tertiary/aromatic N) is 2. The zero-order valence-corrected chi connectivity index (χ0v) is 19.7. The molecule has 0 unspecified atom stereocenters. The second-order valence-corrected chi connectivity index (χ2v) is 8.40. The predicted molar refractivity (Wildman–Crippen MR) is 143 cm³/mol. The van der Waals surface area contributed by atoms with E-state index in [1.165, 1.54) is 0 Å². The van der Waals surface area contributed by atoms with Crippen LogP contribution < -0.4 is 9.80 Å². The van der Waals surface area contributed by atoms with Crippen molar-refractivity contribution in [2.45, 2.75) is 0 Å². The van der Waals surface area contributed by atoms with Crippen LogP contribution in [-0.2, 0) is 0 Å². The Kier molecular flexibility index (Phi) is 6.40. The van der Waals surface area contributed by atoms with Gasteiger partial charge in [-0.1, -0.05) is 83.9 Å². The summed E-state index contributed by atoms with van der Waals surface area (Å²) in [6.07, 6.45) is 0. The number of rotatable bonds is 6. The Bertz CT molecular complexity index is 1330. The van der Waals surface area contributed by atoms with Gasteiger partial charge in [-0.15, -0.1) is 0 Å². The van der Waals surface area contributed by atoms with Crippen LogP contribution >= 0.6 is 23.2 Å². The Hall–Kier alpha value is -3.90. The van der Waals surface area contributed by atoms with Gasteiger partial charge in [0.05, 0.1) is 21.4 Å². The number of benzene rings is 4. The number of hydrogen-bond donors (Lipinski definition) is 0. The minimum atomic E-state index is 0.481. The molecule has 0 saturated heterocycles. The Morgan fingerprint density at radius 2 is 1.12 bits per heavy atom. The molecule has 0 fully saturated rings. The van der Waals surface area contributed by atoms with Gasteiger partial charge in [-0.3, -0.25) is 0 Å². The zero-order valence-electron chi connectivity index (χ0n) is 18.2. The summed E-state index contributed by atoms with van der Waals surface area (Å²) in [7, 11) is 0. The number of anilines is 6. The summed E-state index contributed by atoms with van der Waals surface area (Å²) in [5, 5.41) is 0.977. The Balaban J connectivity index is 1.68. The maximum Gasteiger partial charge on any atom is 0.0974 e. The smallest absolute Gasteiger partial charge is 0.0974 e. The molecule has 0 aliphatic carbocycles. The summed E-state index contributed by atoms with van der Waals surface area (Å²) in [5.41, 5.74) is 5.66. The van der Waals surface area contributed by atoms with Crippen LogP contribution in [0.25, 0.3) is 0 Å². The molecule has 0 aliphatic rings. The van der Waals surface area contributed by atoms with Crippen molar-refractivity contribution in [1.82, 2.24) is 0 Å². The highest BCUT2D eigenvalue weighted by atomic mass is 35.5. The van der Waals surface area contributed by atoms with E-state index in [4.69, 9.17) is 23.2 Å². The normalized spacial score (nSPS) is 10.4. The fraction of sp³-hybridized carbons (Fsp3) is 0. The van der Waals surface area contributed by atoms with Gasteiger partial charge >= 0.3 is 0 Å². The van der Waals surface area contributed by atoms with Crippen molar-refractivity contribution in [3.63, 3.8) is 0 Å². The Morgan fingerprint density at radius 3 is 1.74 bits per heavy atom. The fourth-order valence-electron chi connectivity index (χ4n) is 3.92. The molecule has 0 aromatic heterocycles. The van der Waals surface area contributed by atoms with E-state index in [0.717, 1.165) is 34.1 Å². The highest BCUT2D eigenvalue weighted by molar-refractivity contribution is 6.43. The molecule has 0 aliphatic heterocycles. The van der Waals surface area contributed by atoms with Crippen molar-refractivity contribution in [3.8, 4) is 0 Å². The minimum absolute atomic E-state index is 0.481. The largest absolute Gasteiger partial charge is 0.310 e. The molecule has 5 aromatic rings. The molecule has 0 saturated carbocycles. The van der Waals surface area contributed by atoms with Crippen molar-refractivity contribution in [2.24, 2.45) is 0 Å². The van der Waals surface area contributed by atoms with E-state index >= 15 is 0 Å². The molecule has 164 valence electrons. The first-order valence-electron chi connectivity index (χ1n) is 10.9. The van der Waals surface area contributed by atoms with Crippen molar-refractivity contribution in [1.29, 1.82) is 0 Å². The van der Waals surface area contributed by atoms with Crippen LogP contribution in [-0.4, -0.2) is 0 Å². The first-order chi connectivity index (χ1) is 16.7. The van der Waals surface area contributed by atoms with Crippen molar-refractivity contribution >= 4 is 57.3 Å². The van der Waals surface area contributed by atoms with E-state index in [1.807, 2.05) is 77.7 Å². The topological polar surface area (TPSA) is 6.48 Å². The van der Waals surface area contributed by atoms with Gasteiger partial charge in [0.25, 0.3) is 0 Å². The standard InChI is InChI=1S/C30H20Cl2N2/c31-28-20-11-21-29(30(28)32)34(25-16-8-3-9-17-25)27-19-10-18-26(22-27)33(23-12-4-1-5-13-23)24-14-6-2-7-15-24/h1-8,10-16,18-22H. The van der Waals surface area contributed by atoms with Crippen LogP contribution in [0.5, 0.6) is 0 Å². The highest BCUT2D eigenvalue weighted by Crippen LogP contribution is 2.43. The van der Waals surface area contributed by atoms with Crippen LogP contribution in [0.2, 0.25) is 10.0 Å². The van der Waals surface area contributed by atoms with Crippen LogP contribution in [0.4, 0.5) is 34.1 Å². The third-order valence-corrected chi connectivity index (χ3v) is 6.23. The van der Waals surface area contributed by atoms with Gasteiger partial charge in [0.15, 0.2) is 0 Å². The Morgan fingerprint density at radius 1 is 0.529 bits per heavy atom. The molecular formula is C30H20Cl2N2. The lowest BCUT2D eigenvalue weighted by Gasteiger charge is -2.29. The molecular weight excluding hydrogens is 459 g/mol. The van der Waals surface area contributed by atoms with E-state index in [0.29, 0.717) is 10.0 Å². The highest BCUT2D eigenvalue weighted by Gasteiger charge is 2.19. The third kappa shape index (κ3) is 4.45. The summed E-state index contributed by atoms with van der Waals surface area (Å²) in [4.78, 5) is 4.27. The predicted octanol–water partition coefficient (Wildman–Crippen LogP) is 9.53. The summed E-state index contributed by atoms with van der Waals surface area (Å²) >= 11 is 13.1. The molecule has 34 heavy (non-hydrogen) atoms. The quantitative estimate of drug-likeness (QED) is 0.239. The van der Waals surface area contributed by atoms with E-state index < -0.39 is 0 Å². The van der Waals surface area contributed by atoms with Crippen molar-refractivity contribution < 1.29 is 0 Å². The average Bonchev–Trinajstić information content (AvgIpc) is 2.89. The minimum Gasteiger partial charge on any atom is -0.310 e. The molecule has 4 heteroatoms. The van der Waals surface area contributed by atoms with Gasteiger partial charge in [0, 0.05) is 22.7 Å². The summed E-state index contributed by atoms with van der Waals surface area (Å²) in [5.74, 6) is 0. The lowest BCUT2D eigenvalue weighted by atomic mass is 10.1. The van der Waals surface area contributed by atoms with E-state index in [-0.39, 0.29) is 0 Å². The first-order valence-corrected chi connectivity index (χ1v) is 11.6. The molecule has 0 amide bonds. The lowest BCUT2D eigenvalue weighted by Crippen LogP contribution is -2.13. The third-order valence-electron chi connectivity index (χ3n) is 5.42. The SMILES string of the molecule is Clc1cccc(N(c2c#cccc2)c2cccc(N(c3ccccc3)c3ccccc3)c2)c1Cl. The molecule has 2 nitrogen and oxygen atoms in total. The van der Waals surface area contributed by atoms with Crippen LogP contribution in [0, 0.1) is 12.1 Å². The number of halogens is 2. The van der Waals surface area contributed by atoms with E-state index in [9.17, 15) is 0 Å². The molecule has 0 N–H and O–H groups in total. The molecule has 0 heterocycles. The van der Waals surface area contributed by atoms with Gasteiger partial charge < -0.3 is 9.80 Å². The summed E-state index contributed by atoms with van der Waals surface area (Å²) in [6, 6.07) is 46.6. The maximum atomic E-state index is 6.67. The molecule has 5 rings (SSSR count).